The molecule has 4 heteroatoms. The molecule has 1 atom stereocenters. The van der Waals surface area contributed by atoms with E-state index < -0.39 is 0 Å². The van der Waals surface area contributed by atoms with E-state index in [4.69, 9.17) is 4.74 Å². The van der Waals surface area contributed by atoms with Crippen LogP contribution in [0.15, 0.2) is 0 Å². The number of hydrogen-bond donors (Lipinski definition) is 1. The molecule has 1 saturated heterocycles. The van der Waals surface area contributed by atoms with E-state index in [0.717, 1.165) is 25.9 Å². The van der Waals surface area contributed by atoms with Crippen molar-refractivity contribution >= 4 is 6.03 Å². The van der Waals surface area contributed by atoms with Crippen molar-refractivity contribution in [3.63, 3.8) is 0 Å². The molecule has 2 amide bonds. The molecule has 0 bridgehead atoms. The third-order valence-corrected chi connectivity index (χ3v) is 2.43. The first-order chi connectivity index (χ1) is 6.25. The molecule has 1 aliphatic carbocycles. The minimum atomic E-state index is 0.0812. The minimum absolute atomic E-state index is 0.0812. The average Bonchev–Trinajstić information content (AvgIpc) is 2.88. The van der Waals surface area contributed by atoms with Gasteiger partial charge in [0.2, 0.25) is 0 Å². The van der Waals surface area contributed by atoms with Gasteiger partial charge in [0.1, 0.15) is 0 Å². The Kier molecular flexibility index (Phi) is 2.40. The molecule has 2 aliphatic rings. The normalized spacial score (nSPS) is 28.7. The van der Waals surface area contributed by atoms with Crippen molar-refractivity contribution in [2.75, 3.05) is 19.7 Å². The van der Waals surface area contributed by atoms with Gasteiger partial charge in [-0.15, -0.1) is 0 Å². The van der Waals surface area contributed by atoms with Crippen molar-refractivity contribution in [2.45, 2.75) is 31.9 Å². The molecule has 74 valence electrons. The molecule has 1 saturated carbocycles. The van der Waals surface area contributed by atoms with E-state index >= 15 is 0 Å². The van der Waals surface area contributed by atoms with Crippen LogP contribution in [0.2, 0.25) is 0 Å². The minimum Gasteiger partial charge on any atom is -0.375 e. The Morgan fingerprint density at radius 1 is 1.54 bits per heavy atom. The number of nitrogens with one attached hydrogen (secondary N) is 1. The molecule has 0 aromatic carbocycles. The zero-order valence-electron chi connectivity index (χ0n) is 7.95. The molecular formula is C9H16N2O2. The number of ether oxygens (including phenoxy) is 1. The number of rotatable bonds is 1. The molecule has 4 nitrogen and oxygen atoms in total. The smallest absolute Gasteiger partial charge is 0.317 e. The summed E-state index contributed by atoms with van der Waals surface area (Å²) in [7, 11) is 0. The van der Waals surface area contributed by atoms with Crippen LogP contribution in [0.1, 0.15) is 19.8 Å². The Morgan fingerprint density at radius 3 is 2.92 bits per heavy atom. The maximum atomic E-state index is 11.6. The predicted octanol–water partition coefficient (Wildman–Crippen LogP) is 0.579. The van der Waals surface area contributed by atoms with Crippen molar-refractivity contribution in [3.8, 4) is 0 Å². The number of hydrogen-bond acceptors (Lipinski definition) is 2. The Morgan fingerprint density at radius 2 is 2.31 bits per heavy atom. The summed E-state index contributed by atoms with van der Waals surface area (Å²) in [6.45, 7) is 4.11. The molecule has 1 aliphatic heterocycles. The standard InChI is InChI=1S/C9H16N2O2/c1-7-6-11(4-5-13-7)9(12)10-8-2-3-8/h7-8H,2-6H2,1H3,(H,10,12). The van der Waals surface area contributed by atoms with Crippen molar-refractivity contribution in [1.29, 1.82) is 0 Å². The van der Waals surface area contributed by atoms with Gasteiger partial charge in [-0.05, 0) is 19.8 Å². The van der Waals surface area contributed by atoms with Crippen LogP contribution in [0.25, 0.3) is 0 Å². The molecule has 1 N–H and O–H groups in total. The van der Waals surface area contributed by atoms with Crippen LogP contribution in [0.3, 0.4) is 0 Å². The molecule has 13 heavy (non-hydrogen) atoms. The molecule has 2 rings (SSSR count). The summed E-state index contributed by atoms with van der Waals surface area (Å²) >= 11 is 0. The lowest BCUT2D eigenvalue weighted by Gasteiger charge is -2.31. The van der Waals surface area contributed by atoms with Crippen LogP contribution in [0.4, 0.5) is 4.79 Å². The summed E-state index contributed by atoms with van der Waals surface area (Å²) in [6, 6.07) is 0.531. The van der Waals surface area contributed by atoms with E-state index in [1.165, 1.54) is 0 Å². The van der Waals surface area contributed by atoms with Crippen LogP contribution in [-0.2, 0) is 4.74 Å². The van der Waals surface area contributed by atoms with Gasteiger partial charge in [0.15, 0.2) is 0 Å². The Balaban J connectivity index is 1.80. The van der Waals surface area contributed by atoms with Gasteiger partial charge in [-0.1, -0.05) is 0 Å². The average molecular weight is 184 g/mol. The maximum Gasteiger partial charge on any atom is 0.317 e. The SMILES string of the molecule is CC1CN(C(=O)NC2CC2)CCO1. The van der Waals surface area contributed by atoms with E-state index in [1.807, 2.05) is 11.8 Å². The van der Waals surface area contributed by atoms with Gasteiger partial charge in [-0.3, -0.25) is 0 Å². The van der Waals surface area contributed by atoms with E-state index in [-0.39, 0.29) is 12.1 Å². The van der Waals surface area contributed by atoms with Crippen LogP contribution < -0.4 is 5.32 Å². The van der Waals surface area contributed by atoms with Crippen LogP contribution in [-0.4, -0.2) is 42.8 Å². The quantitative estimate of drug-likeness (QED) is 0.647. The van der Waals surface area contributed by atoms with E-state index in [9.17, 15) is 4.79 Å². The largest absolute Gasteiger partial charge is 0.375 e. The molecule has 1 heterocycles. The Hall–Kier alpha value is -0.770. The zero-order valence-corrected chi connectivity index (χ0v) is 7.95. The van der Waals surface area contributed by atoms with Gasteiger partial charge in [0, 0.05) is 19.1 Å². The summed E-state index contributed by atoms with van der Waals surface area (Å²) in [5.74, 6) is 0. The lowest BCUT2D eigenvalue weighted by Crippen LogP contribution is -2.49. The highest BCUT2D eigenvalue weighted by Crippen LogP contribution is 2.19. The summed E-state index contributed by atoms with van der Waals surface area (Å²) in [4.78, 5) is 13.4. The van der Waals surface area contributed by atoms with Gasteiger partial charge in [-0.2, -0.15) is 0 Å². The molecule has 0 spiro atoms. The summed E-state index contributed by atoms with van der Waals surface area (Å²) < 4.78 is 5.36. The van der Waals surface area contributed by atoms with Gasteiger partial charge in [-0.25, -0.2) is 4.79 Å². The fourth-order valence-electron chi connectivity index (χ4n) is 1.50. The van der Waals surface area contributed by atoms with Gasteiger partial charge in [0.25, 0.3) is 0 Å². The van der Waals surface area contributed by atoms with Crippen LogP contribution in [0.5, 0.6) is 0 Å². The molecule has 0 radical (unpaired) electrons. The number of nitrogens with zero attached hydrogens (tertiary/aromatic N) is 1. The van der Waals surface area contributed by atoms with Crippen molar-refractivity contribution in [2.24, 2.45) is 0 Å². The number of amides is 2. The second-order valence-corrected chi connectivity index (χ2v) is 3.85. The summed E-state index contributed by atoms with van der Waals surface area (Å²) in [5, 5.41) is 2.98. The fourth-order valence-corrected chi connectivity index (χ4v) is 1.50. The molecule has 2 fully saturated rings. The van der Waals surface area contributed by atoms with E-state index in [1.54, 1.807) is 0 Å². The number of morpholine rings is 1. The van der Waals surface area contributed by atoms with Crippen molar-refractivity contribution < 1.29 is 9.53 Å². The first-order valence-corrected chi connectivity index (χ1v) is 4.93. The lowest BCUT2D eigenvalue weighted by molar-refractivity contribution is -0.00352. The highest BCUT2D eigenvalue weighted by molar-refractivity contribution is 5.75. The van der Waals surface area contributed by atoms with E-state index in [0.29, 0.717) is 12.6 Å². The predicted molar refractivity (Wildman–Crippen MR) is 48.5 cm³/mol. The van der Waals surface area contributed by atoms with Gasteiger partial charge in [0.05, 0.1) is 12.7 Å². The Bertz CT molecular complexity index is 204. The van der Waals surface area contributed by atoms with Crippen molar-refractivity contribution in [1.82, 2.24) is 10.2 Å². The monoisotopic (exact) mass is 184 g/mol. The third kappa shape index (κ3) is 2.34. The first kappa shape index (κ1) is 8.81. The second-order valence-electron chi connectivity index (χ2n) is 3.85. The number of urea groups is 1. The number of carbonyl (C=O) groups excluding carboxylic acids is 1. The summed E-state index contributed by atoms with van der Waals surface area (Å²) in [6.07, 6.45) is 2.47. The maximum absolute atomic E-state index is 11.6. The highest BCUT2D eigenvalue weighted by Gasteiger charge is 2.27. The molecule has 1 unspecified atom stereocenters. The van der Waals surface area contributed by atoms with E-state index in [2.05, 4.69) is 5.32 Å². The Labute approximate surface area is 78.2 Å². The zero-order chi connectivity index (χ0) is 9.26. The second kappa shape index (κ2) is 3.54. The van der Waals surface area contributed by atoms with Gasteiger partial charge < -0.3 is 15.0 Å². The van der Waals surface area contributed by atoms with Gasteiger partial charge >= 0.3 is 6.03 Å². The fraction of sp³-hybridized carbons (Fsp3) is 0.889. The first-order valence-electron chi connectivity index (χ1n) is 4.93. The topological polar surface area (TPSA) is 41.6 Å². The van der Waals surface area contributed by atoms with Crippen molar-refractivity contribution in [3.05, 3.63) is 0 Å². The lowest BCUT2D eigenvalue weighted by atomic mass is 10.3. The third-order valence-electron chi connectivity index (χ3n) is 2.43. The van der Waals surface area contributed by atoms with Crippen LogP contribution in [0, 0.1) is 0 Å². The molecule has 0 aromatic rings. The molecular weight excluding hydrogens is 168 g/mol. The van der Waals surface area contributed by atoms with Crippen LogP contribution >= 0.6 is 0 Å². The summed E-state index contributed by atoms with van der Waals surface area (Å²) in [5.41, 5.74) is 0. The highest BCUT2D eigenvalue weighted by atomic mass is 16.5. The number of carbonyl (C=O) groups is 1. The molecule has 0 aromatic heterocycles.